The summed E-state index contributed by atoms with van der Waals surface area (Å²) in [5, 5.41) is 8.14. The topological polar surface area (TPSA) is 80.7 Å². The smallest absolute Gasteiger partial charge is 0.372 e. The van der Waals surface area contributed by atoms with Crippen LogP contribution in [0.2, 0.25) is 0 Å². The van der Waals surface area contributed by atoms with Gasteiger partial charge in [-0.25, -0.2) is 4.79 Å². The first-order valence-corrected chi connectivity index (χ1v) is 3.41. The lowest BCUT2D eigenvalue weighted by Gasteiger charge is -1.96. The molecule has 0 heterocycles. The van der Waals surface area contributed by atoms with Crippen LogP contribution in [0.5, 0.6) is 0 Å². The molecule has 0 aliphatic heterocycles. The molecule has 1 N–H and O–H groups in total. The van der Waals surface area contributed by atoms with E-state index in [4.69, 9.17) is 5.11 Å². The van der Waals surface area contributed by atoms with Gasteiger partial charge >= 0.3 is 11.9 Å². The highest BCUT2D eigenvalue weighted by Gasteiger charge is 2.11. The normalized spacial score (nSPS) is 9.08. The molecular formula is C7H10O5. The third kappa shape index (κ3) is 4.43. The molecule has 0 saturated heterocycles. The largest absolute Gasteiger partial charge is 0.476 e. The van der Waals surface area contributed by atoms with Crippen LogP contribution in [0.3, 0.4) is 0 Å². The molecule has 12 heavy (non-hydrogen) atoms. The van der Waals surface area contributed by atoms with Crippen molar-refractivity contribution in [1.82, 2.24) is 0 Å². The maximum atomic E-state index is 10.5. The number of ketones is 1. The van der Waals surface area contributed by atoms with Gasteiger partial charge in [0.15, 0.2) is 0 Å². The number of ether oxygens (including phenoxy) is 1. The zero-order valence-electron chi connectivity index (χ0n) is 6.70. The van der Waals surface area contributed by atoms with Gasteiger partial charge < -0.3 is 9.84 Å². The predicted molar refractivity (Wildman–Crippen MR) is 38.5 cm³/mol. The van der Waals surface area contributed by atoms with Gasteiger partial charge in [0.1, 0.15) is 0 Å². The highest BCUT2D eigenvalue weighted by molar-refractivity contribution is 6.32. The van der Waals surface area contributed by atoms with Crippen LogP contribution in [0.15, 0.2) is 0 Å². The molecule has 0 aliphatic rings. The summed E-state index contributed by atoms with van der Waals surface area (Å²) in [6.07, 6.45) is 0.178. The van der Waals surface area contributed by atoms with Crippen LogP contribution in [-0.4, -0.2) is 29.9 Å². The minimum absolute atomic E-state index is 0.0789. The van der Waals surface area contributed by atoms with Crippen LogP contribution in [0.25, 0.3) is 0 Å². The summed E-state index contributed by atoms with van der Waals surface area (Å²) in [6, 6.07) is 0. The second-order valence-electron chi connectivity index (χ2n) is 2.16. The Morgan fingerprint density at radius 3 is 2.25 bits per heavy atom. The molecule has 0 amide bonds. The molecule has 0 rings (SSSR count). The minimum Gasteiger partial charge on any atom is -0.476 e. The van der Waals surface area contributed by atoms with Crippen LogP contribution in [0.1, 0.15) is 19.3 Å². The SMILES string of the molecule is COC(=O)CCCC(=O)C(=O)O. The third-order valence-corrected chi connectivity index (χ3v) is 1.25. The summed E-state index contributed by atoms with van der Waals surface area (Å²) in [7, 11) is 1.24. The number of methoxy groups -OCH3 is 1. The average Bonchev–Trinajstić information content (AvgIpc) is 2.03. The fourth-order valence-electron chi connectivity index (χ4n) is 0.602. The highest BCUT2D eigenvalue weighted by atomic mass is 16.5. The van der Waals surface area contributed by atoms with Crippen molar-refractivity contribution < 1.29 is 24.2 Å². The van der Waals surface area contributed by atoms with Crippen molar-refractivity contribution in [3.63, 3.8) is 0 Å². The van der Waals surface area contributed by atoms with E-state index in [1.165, 1.54) is 7.11 Å². The fraction of sp³-hybridized carbons (Fsp3) is 0.571. The second kappa shape index (κ2) is 5.29. The van der Waals surface area contributed by atoms with Crippen molar-refractivity contribution in [1.29, 1.82) is 0 Å². The Morgan fingerprint density at radius 1 is 1.25 bits per heavy atom. The van der Waals surface area contributed by atoms with Crippen molar-refractivity contribution in [2.45, 2.75) is 19.3 Å². The standard InChI is InChI=1S/C7H10O5/c1-12-6(9)4-2-3-5(8)7(10)11/h2-4H2,1H3,(H,10,11). The molecule has 68 valence electrons. The van der Waals surface area contributed by atoms with E-state index >= 15 is 0 Å². The van der Waals surface area contributed by atoms with Crippen molar-refractivity contribution in [3.8, 4) is 0 Å². The van der Waals surface area contributed by atoms with Crippen LogP contribution in [-0.2, 0) is 19.1 Å². The molecule has 0 aliphatic carbocycles. The Balaban J connectivity index is 3.50. The van der Waals surface area contributed by atoms with E-state index in [1.54, 1.807) is 0 Å². The molecule has 0 aromatic heterocycles. The second-order valence-corrected chi connectivity index (χ2v) is 2.16. The Kier molecular flexibility index (Phi) is 4.67. The molecule has 0 aromatic carbocycles. The number of hydrogen-bond acceptors (Lipinski definition) is 4. The lowest BCUT2D eigenvalue weighted by Crippen LogP contribution is -2.12. The molecule has 0 aromatic rings. The minimum atomic E-state index is -1.46. The number of esters is 1. The van der Waals surface area contributed by atoms with Gasteiger partial charge in [-0.2, -0.15) is 0 Å². The molecular weight excluding hydrogens is 164 g/mol. The van der Waals surface area contributed by atoms with E-state index in [-0.39, 0.29) is 19.3 Å². The predicted octanol–water partition coefficient (Wildman–Crippen LogP) is -0.0166. The maximum absolute atomic E-state index is 10.5. The van der Waals surface area contributed by atoms with Crippen molar-refractivity contribution in [2.24, 2.45) is 0 Å². The van der Waals surface area contributed by atoms with Crippen LogP contribution >= 0.6 is 0 Å². The summed E-state index contributed by atoms with van der Waals surface area (Å²) >= 11 is 0. The van der Waals surface area contributed by atoms with Crippen molar-refractivity contribution in [3.05, 3.63) is 0 Å². The van der Waals surface area contributed by atoms with E-state index in [0.29, 0.717) is 0 Å². The number of carboxylic acids is 1. The fourth-order valence-corrected chi connectivity index (χ4v) is 0.602. The first-order valence-electron chi connectivity index (χ1n) is 3.41. The van der Waals surface area contributed by atoms with Gasteiger partial charge in [0, 0.05) is 12.8 Å². The molecule has 0 fully saturated rings. The van der Waals surface area contributed by atoms with Gasteiger partial charge in [0.25, 0.3) is 0 Å². The summed E-state index contributed by atoms with van der Waals surface area (Å²) in [5.74, 6) is -2.77. The molecule has 0 atom stereocenters. The monoisotopic (exact) mass is 174 g/mol. The number of carbonyl (C=O) groups is 3. The molecule has 0 saturated carbocycles. The van der Waals surface area contributed by atoms with Crippen LogP contribution < -0.4 is 0 Å². The number of Topliss-reactive ketones (excluding diaryl/α,β-unsaturated/α-hetero) is 1. The molecule has 0 radical (unpaired) electrons. The zero-order chi connectivity index (χ0) is 9.56. The number of hydrogen-bond donors (Lipinski definition) is 1. The van der Waals surface area contributed by atoms with Crippen LogP contribution in [0, 0.1) is 0 Å². The first kappa shape index (κ1) is 10.6. The number of rotatable bonds is 5. The maximum Gasteiger partial charge on any atom is 0.372 e. The Hall–Kier alpha value is -1.39. The van der Waals surface area contributed by atoms with E-state index in [2.05, 4.69) is 4.74 Å². The van der Waals surface area contributed by atoms with Gasteiger partial charge in [0.2, 0.25) is 5.78 Å². The number of carboxylic acid groups (broad SMARTS) is 1. The van der Waals surface area contributed by atoms with Gasteiger partial charge in [-0.15, -0.1) is 0 Å². The lowest BCUT2D eigenvalue weighted by molar-refractivity contribution is -0.149. The highest BCUT2D eigenvalue weighted by Crippen LogP contribution is 1.97. The quantitative estimate of drug-likeness (QED) is 0.468. The van der Waals surface area contributed by atoms with Gasteiger partial charge in [0.05, 0.1) is 7.11 Å². The first-order chi connectivity index (χ1) is 5.57. The Bertz CT molecular complexity index is 196. The molecule has 5 heteroatoms. The number of carbonyl (C=O) groups excluding carboxylic acids is 2. The van der Waals surface area contributed by atoms with E-state index in [9.17, 15) is 14.4 Å². The van der Waals surface area contributed by atoms with Gasteiger partial charge in [-0.1, -0.05) is 0 Å². The van der Waals surface area contributed by atoms with Crippen molar-refractivity contribution >= 4 is 17.7 Å². The van der Waals surface area contributed by atoms with Crippen molar-refractivity contribution in [2.75, 3.05) is 7.11 Å². The zero-order valence-corrected chi connectivity index (χ0v) is 6.70. The summed E-state index contributed by atoms with van der Waals surface area (Å²) in [4.78, 5) is 30.9. The summed E-state index contributed by atoms with van der Waals surface area (Å²) in [6.45, 7) is 0. The van der Waals surface area contributed by atoms with Gasteiger partial charge in [-0.05, 0) is 6.42 Å². The third-order valence-electron chi connectivity index (χ3n) is 1.25. The summed E-state index contributed by atoms with van der Waals surface area (Å²) in [5.41, 5.74) is 0. The average molecular weight is 174 g/mol. The van der Waals surface area contributed by atoms with Gasteiger partial charge in [-0.3, -0.25) is 9.59 Å². The van der Waals surface area contributed by atoms with E-state index < -0.39 is 17.7 Å². The van der Waals surface area contributed by atoms with Crippen LogP contribution in [0.4, 0.5) is 0 Å². The van der Waals surface area contributed by atoms with E-state index in [1.807, 2.05) is 0 Å². The molecule has 0 unspecified atom stereocenters. The molecule has 0 bridgehead atoms. The molecule has 0 spiro atoms. The lowest BCUT2D eigenvalue weighted by atomic mass is 10.2. The number of aliphatic carboxylic acids is 1. The van der Waals surface area contributed by atoms with E-state index in [0.717, 1.165) is 0 Å². The Labute approximate surface area is 69.3 Å². The molecule has 5 nitrogen and oxygen atoms in total. The Morgan fingerprint density at radius 2 is 1.83 bits per heavy atom. The summed E-state index contributed by atoms with van der Waals surface area (Å²) < 4.78 is 4.29.